The molecule has 1 fully saturated rings. The Hall–Kier alpha value is -7.62. The number of primary amides is 1. The van der Waals surface area contributed by atoms with Gasteiger partial charge in [0.25, 0.3) is 11.8 Å². The minimum absolute atomic E-state index is 0.0519. The molecule has 326 valence electrons. The number of aryl methyl sites for hydroxylation is 2. The number of rotatable bonds is 18. The third-order valence-electron chi connectivity index (χ3n) is 10.6. The zero-order chi connectivity index (χ0) is 45.0. The summed E-state index contributed by atoms with van der Waals surface area (Å²) in [6.45, 7) is 1.83. The Morgan fingerprint density at radius 1 is 0.825 bits per heavy atom. The Morgan fingerprint density at radius 3 is 2.16 bits per heavy atom. The Kier molecular flexibility index (Phi) is 14.8. The molecule has 6 N–H and O–H groups in total. The summed E-state index contributed by atoms with van der Waals surface area (Å²) >= 11 is 0. The number of carbonyl (C=O) groups excluding carboxylic acids is 7. The molecule has 0 aliphatic carbocycles. The molecule has 16 heteroatoms. The van der Waals surface area contributed by atoms with Crippen LogP contribution in [0.5, 0.6) is 5.75 Å². The predicted octanol–water partition coefficient (Wildman–Crippen LogP) is 3.03. The number of para-hydroxylation sites is 1. The highest BCUT2D eigenvalue weighted by Gasteiger charge is 2.42. The van der Waals surface area contributed by atoms with Gasteiger partial charge < -0.3 is 36.6 Å². The number of nitrogens with zero attached hydrogens (tertiary/aromatic N) is 3. The fraction of sp³-hybridized carbons (Fsp3) is 0.277. The third-order valence-corrected chi connectivity index (χ3v) is 10.6. The van der Waals surface area contributed by atoms with Crippen molar-refractivity contribution in [3.63, 3.8) is 0 Å². The molecule has 5 aromatic rings. The number of nitrogens with two attached hydrogens (primary N) is 1. The van der Waals surface area contributed by atoms with Crippen molar-refractivity contribution in [3.05, 3.63) is 138 Å². The van der Waals surface area contributed by atoms with Crippen LogP contribution in [0.4, 0.5) is 5.69 Å². The number of likely N-dealkylation sites (tertiary alicyclic amines) is 1. The van der Waals surface area contributed by atoms with Gasteiger partial charge in [-0.15, -0.1) is 0 Å². The van der Waals surface area contributed by atoms with Crippen LogP contribution in [0.15, 0.2) is 115 Å². The summed E-state index contributed by atoms with van der Waals surface area (Å²) in [5, 5.41) is 14.7. The van der Waals surface area contributed by atoms with Gasteiger partial charge in [-0.3, -0.25) is 38.2 Å². The van der Waals surface area contributed by atoms with Gasteiger partial charge in [0.05, 0.1) is 18.7 Å². The lowest BCUT2D eigenvalue weighted by Gasteiger charge is -2.28. The second-order valence-electron chi connectivity index (χ2n) is 15.3. The molecule has 0 saturated carbocycles. The average molecular weight is 855 g/mol. The van der Waals surface area contributed by atoms with Crippen LogP contribution in [0.25, 0.3) is 11.1 Å². The van der Waals surface area contributed by atoms with Crippen molar-refractivity contribution >= 4 is 46.9 Å². The molecule has 2 heterocycles. The summed E-state index contributed by atoms with van der Waals surface area (Å²) in [6.07, 6.45) is -0.931. The lowest BCUT2D eigenvalue weighted by atomic mass is 9.99. The average Bonchev–Trinajstić information content (AvgIpc) is 3.85. The highest BCUT2D eigenvalue weighted by molar-refractivity contribution is 6.36. The van der Waals surface area contributed by atoms with E-state index in [1.807, 2.05) is 72.8 Å². The van der Waals surface area contributed by atoms with E-state index in [2.05, 4.69) is 26.4 Å². The summed E-state index contributed by atoms with van der Waals surface area (Å²) < 4.78 is 7.66. The number of nitrogens with one attached hydrogen (secondary N) is 4. The lowest BCUT2D eigenvalue weighted by molar-refractivity contribution is -0.138. The van der Waals surface area contributed by atoms with Gasteiger partial charge in [-0.05, 0) is 66.4 Å². The molecule has 16 nitrogen and oxygen atoms in total. The Morgan fingerprint density at radius 2 is 1.51 bits per heavy atom. The molecule has 6 amide bonds. The Labute approximate surface area is 364 Å². The van der Waals surface area contributed by atoms with Crippen LogP contribution in [0.2, 0.25) is 0 Å². The largest absolute Gasteiger partial charge is 0.488 e. The van der Waals surface area contributed by atoms with E-state index in [0.29, 0.717) is 17.1 Å². The molecular weight excluding hydrogens is 805 g/mol. The second kappa shape index (κ2) is 20.8. The van der Waals surface area contributed by atoms with Crippen molar-refractivity contribution in [2.75, 3.05) is 18.9 Å². The zero-order valence-corrected chi connectivity index (χ0v) is 35.2. The van der Waals surface area contributed by atoms with Crippen LogP contribution in [-0.4, -0.2) is 93.7 Å². The number of anilines is 1. The van der Waals surface area contributed by atoms with E-state index in [9.17, 15) is 33.6 Å². The number of benzene rings is 4. The first kappa shape index (κ1) is 44.9. The summed E-state index contributed by atoms with van der Waals surface area (Å²) in [5.74, 6) is -4.13. The van der Waals surface area contributed by atoms with Crippen LogP contribution < -0.4 is 31.7 Å². The molecule has 1 aliphatic rings. The van der Waals surface area contributed by atoms with Gasteiger partial charge in [0.1, 0.15) is 30.0 Å². The molecule has 4 atom stereocenters. The first-order valence-electron chi connectivity index (χ1n) is 20.5. The molecule has 6 rings (SSSR count). The first-order chi connectivity index (χ1) is 30.3. The van der Waals surface area contributed by atoms with Gasteiger partial charge in [0, 0.05) is 50.3 Å². The molecule has 1 aromatic heterocycles. The number of carbonyl (C=O) groups is 7. The summed E-state index contributed by atoms with van der Waals surface area (Å²) in [4.78, 5) is 93.8. The van der Waals surface area contributed by atoms with Crippen LogP contribution >= 0.6 is 0 Å². The number of ketones is 1. The van der Waals surface area contributed by atoms with E-state index in [-0.39, 0.29) is 49.9 Å². The Balaban J connectivity index is 1.21. The number of hydrogen-bond donors (Lipinski definition) is 5. The van der Waals surface area contributed by atoms with Gasteiger partial charge in [-0.1, -0.05) is 78.9 Å². The first-order valence-corrected chi connectivity index (χ1v) is 20.5. The number of likely N-dealkylation sites (N-methyl/N-ethyl adjacent to an activating group) is 1. The van der Waals surface area contributed by atoms with Gasteiger partial charge in [-0.2, -0.15) is 5.10 Å². The van der Waals surface area contributed by atoms with Crippen molar-refractivity contribution in [3.8, 4) is 16.9 Å². The minimum atomic E-state index is -1.23. The summed E-state index contributed by atoms with van der Waals surface area (Å²) in [5.41, 5.74) is 10.1. The highest BCUT2D eigenvalue weighted by Crippen LogP contribution is 2.26. The van der Waals surface area contributed by atoms with Crippen molar-refractivity contribution < 1.29 is 38.3 Å². The molecule has 1 saturated heterocycles. The van der Waals surface area contributed by atoms with Crippen LogP contribution in [-0.2, 0) is 48.7 Å². The van der Waals surface area contributed by atoms with Crippen molar-refractivity contribution in [2.45, 2.75) is 63.3 Å². The molecule has 2 unspecified atom stereocenters. The molecular formula is C47H50N8O8. The number of aromatic nitrogens is 2. The molecule has 0 radical (unpaired) electrons. The van der Waals surface area contributed by atoms with Gasteiger partial charge >= 0.3 is 0 Å². The maximum atomic E-state index is 14.5. The normalized spacial score (nSPS) is 15.4. The van der Waals surface area contributed by atoms with Crippen molar-refractivity contribution in [1.29, 1.82) is 0 Å². The maximum absolute atomic E-state index is 14.5. The van der Waals surface area contributed by atoms with Crippen LogP contribution in [0.3, 0.4) is 0 Å². The predicted molar refractivity (Wildman–Crippen MR) is 234 cm³/mol. The standard InChI is InChI=1S/C47H50N8O8/c1-29-23-35(54(3)53-29)26-42(57)51-38(21-22-41(56)46(61)49-2)45(60)50-34-14-10-13-33(25-34)44(59)52-39(24-30-17-19-32(20-18-30)31-11-6-4-7-12-31)47(62)55-28-37(27-40(55)43(48)58)63-36-15-8-5-9-16-36/h4-20,23,25,37-40H,21-22,24,26-28H2,1-3H3,(H2,48,58)(H,49,61)(H,50,60)(H,51,57)(H,52,59)/t37-,38?,39?,40+/m1/s1. The van der Waals surface area contributed by atoms with Crippen LogP contribution in [0, 0.1) is 6.92 Å². The van der Waals surface area contributed by atoms with E-state index in [0.717, 1.165) is 16.7 Å². The van der Waals surface area contributed by atoms with Gasteiger partial charge in [-0.25, -0.2) is 0 Å². The quantitative estimate of drug-likeness (QED) is 0.0817. The minimum Gasteiger partial charge on any atom is -0.488 e. The molecule has 1 aliphatic heterocycles. The highest BCUT2D eigenvalue weighted by atomic mass is 16.5. The monoisotopic (exact) mass is 854 g/mol. The third kappa shape index (κ3) is 12.0. The molecule has 4 aromatic carbocycles. The van der Waals surface area contributed by atoms with Gasteiger partial charge in [0.15, 0.2) is 0 Å². The summed E-state index contributed by atoms with van der Waals surface area (Å²) in [6, 6.07) is 30.7. The molecule has 63 heavy (non-hydrogen) atoms. The fourth-order valence-corrected chi connectivity index (χ4v) is 7.43. The maximum Gasteiger partial charge on any atom is 0.287 e. The number of hydrogen-bond acceptors (Lipinski definition) is 9. The second-order valence-corrected chi connectivity index (χ2v) is 15.3. The summed E-state index contributed by atoms with van der Waals surface area (Å²) in [7, 11) is 3.00. The van der Waals surface area contributed by atoms with E-state index in [4.69, 9.17) is 10.5 Å². The Bertz CT molecular complexity index is 2460. The topological polar surface area (TPSA) is 224 Å². The van der Waals surface area contributed by atoms with E-state index in [1.165, 1.54) is 36.2 Å². The van der Waals surface area contributed by atoms with Crippen molar-refractivity contribution in [1.82, 2.24) is 30.6 Å². The van der Waals surface area contributed by atoms with E-state index >= 15 is 0 Å². The number of Topliss-reactive ketones (excluding diaryl/α,β-unsaturated/α-hetero) is 1. The fourth-order valence-electron chi connectivity index (χ4n) is 7.43. The SMILES string of the molecule is CNC(=O)C(=O)CCC(NC(=O)Cc1cc(C)nn1C)C(=O)Nc1cccc(C(=O)NC(Cc2ccc(-c3ccccc3)cc2)C(=O)N2C[C@H](Oc3ccccc3)C[C@H]2C(N)=O)c1. The number of ether oxygens (including phenoxy) is 1. The zero-order valence-electron chi connectivity index (χ0n) is 35.2. The molecule has 0 bridgehead atoms. The smallest absolute Gasteiger partial charge is 0.287 e. The van der Waals surface area contributed by atoms with Gasteiger partial charge in [0.2, 0.25) is 29.4 Å². The van der Waals surface area contributed by atoms with E-state index in [1.54, 1.807) is 36.9 Å². The van der Waals surface area contributed by atoms with E-state index < -0.39 is 65.5 Å². The molecule has 0 spiro atoms. The lowest BCUT2D eigenvalue weighted by Crippen LogP contribution is -2.53. The van der Waals surface area contributed by atoms with Crippen LogP contribution in [0.1, 0.15) is 46.6 Å². The number of amides is 6. The van der Waals surface area contributed by atoms with Crippen molar-refractivity contribution in [2.24, 2.45) is 12.8 Å².